The number of nitrogens with one attached hydrogen (secondary N) is 1. The molecule has 0 bridgehead atoms. The monoisotopic (exact) mass is 465 g/mol. The standard InChI is InChI=1S/C24H23N3O5S/c1-15(2)13-19(27-22(29)16-7-3-4-8-17(16)23(27)30)24(31)32-14-21(28)26-18-9-5-6-10-20(18)33-12-11-25/h3-10,15,19H,12-14H2,1-2H3,(H,26,28). The minimum absolute atomic E-state index is 0.00951. The first kappa shape index (κ1) is 24.0. The predicted octanol–water partition coefficient (Wildman–Crippen LogP) is 3.49. The summed E-state index contributed by atoms with van der Waals surface area (Å²) < 4.78 is 5.21. The van der Waals surface area contributed by atoms with Crippen molar-refractivity contribution < 1.29 is 23.9 Å². The normalized spacial score (nSPS) is 13.5. The molecule has 0 radical (unpaired) electrons. The van der Waals surface area contributed by atoms with Crippen LogP contribution in [0.2, 0.25) is 0 Å². The Morgan fingerprint density at radius 3 is 2.27 bits per heavy atom. The van der Waals surface area contributed by atoms with E-state index in [1.54, 1.807) is 48.5 Å². The molecule has 8 nitrogen and oxygen atoms in total. The molecule has 9 heteroatoms. The zero-order valence-electron chi connectivity index (χ0n) is 18.2. The minimum Gasteiger partial charge on any atom is -0.454 e. The van der Waals surface area contributed by atoms with Crippen LogP contribution in [0, 0.1) is 17.2 Å². The summed E-state index contributed by atoms with van der Waals surface area (Å²) in [6.45, 7) is 3.15. The highest BCUT2D eigenvalue weighted by Gasteiger charge is 2.43. The molecule has 3 amide bonds. The van der Waals surface area contributed by atoms with Crippen LogP contribution in [0.5, 0.6) is 0 Å². The van der Waals surface area contributed by atoms with E-state index in [2.05, 4.69) is 5.32 Å². The van der Waals surface area contributed by atoms with E-state index >= 15 is 0 Å². The van der Waals surface area contributed by atoms with Crippen molar-refractivity contribution in [2.24, 2.45) is 5.92 Å². The Morgan fingerprint density at radius 2 is 1.67 bits per heavy atom. The highest BCUT2D eigenvalue weighted by atomic mass is 32.2. The fourth-order valence-corrected chi connectivity index (χ4v) is 4.14. The molecule has 0 spiro atoms. The molecule has 2 aromatic carbocycles. The lowest BCUT2D eigenvalue weighted by molar-refractivity contribution is -0.151. The van der Waals surface area contributed by atoms with Crippen LogP contribution in [0.25, 0.3) is 0 Å². The van der Waals surface area contributed by atoms with E-state index in [0.717, 1.165) is 4.90 Å². The van der Waals surface area contributed by atoms with E-state index in [1.165, 1.54) is 11.8 Å². The Morgan fingerprint density at radius 1 is 1.06 bits per heavy atom. The number of imide groups is 1. The molecule has 1 aliphatic rings. The van der Waals surface area contributed by atoms with E-state index in [1.807, 2.05) is 19.9 Å². The van der Waals surface area contributed by atoms with Crippen molar-refractivity contribution in [3.63, 3.8) is 0 Å². The van der Waals surface area contributed by atoms with Gasteiger partial charge in [0.1, 0.15) is 6.04 Å². The summed E-state index contributed by atoms with van der Waals surface area (Å²) in [5.41, 5.74) is 0.986. The van der Waals surface area contributed by atoms with Gasteiger partial charge in [-0.3, -0.25) is 19.3 Å². The third-order valence-electron chi connectivity index (χ3n) is 4.90. The molecule has 1 aliphatic heterocycles. The number of nitrogens with zero attached hydrogens (tertiary/aromatic N) is 2. The van der Waals surface area contributed by atoms with E-state index in [-0.39, 0.29) is 29.2 Å². The maximum atomic E-state index is 12.9. The average molecular weight is 466 g/mol. The van der Waals surface area contributed by atoms with Crippen molar-refractivity contribution in [3.8, 4) is 6.07 Å². The predicted molar refractivity (Wildman–Crippen MR) is 123 cm³/mol. The van der Waals surface area contributed by atoms with Gasteiger partial charge in [0.15, 0.2) is 6.61 Å². The summed E-state index contributed by atoms with van der Waals surface area (Å²) in [6, 6.07) is 14.3. The van der Waals surface area contributed by atoms with Crippen LogP contribution in [0.3, 0.4) is 0 Å². The number of carbonyl (C=O) groups is 4. The van der Waals surface area contributed by atoms with Crippen molar-refractivity contribution >= 4 is 41.1 Å². The van der Waals surface area contributed by atoms with Crippen molar-refractivity contribution in [3.05, 3.63) is 59.7 Å². The van der Waals surface area contributed by atoms with Crippen molar-refractivity contribution in [1.82, 2.24) is 4.90 Å². The summed E-state index contributed by atoms with van der Waals surface area (Å²) >= 11 is 1.27. The lowest BCUT2D eigenvalue weighted by atomic mass is 10.0. The summed E-state index contributed by atoms with van der Waals surface area (Å²) in [6.07, 6.45) is 0.208. The molecule has 1 atom stereocenters. The van der Waals surface area contributed by atoms with Crippen molar-refractivity contribution in [2.75, 3.05) is 17.7 Å². The number of para-hydroxylation sites is 1. The van der Waals surface area contributed by atoms with Gasteiger partial charge < -0.3 is 10.1 Å². The van der Waals surface area contributed by atoms with Crippen LogP contribution < -0.4 is 5.32 Å². The van der Waals surface area contributed by atoms with E-state index in [4.69, 9.17) is 10.00 Å². The third-order valence-corrected chi connectivity index (χ3v) is 5.84. The fourth-order valence-electron chi connectivity index (χ4n) is 3.47. The third kappa shape index (κ3) is 5.59. The number of benzene rings is 2. The van der Waals surface area contributed by atoms with Gasteiger partial charge in [0.2, 0.25) is 0 Å². The Bertz CT molecular complexity index is 1090. The van der Waals surface area contributed by atoms with Gasteiger partial charge in [0.05, 0.1) is 28.6 Å². The zero-order valence-corrected chi connectivity index (χ0v) is 19.1. The molecule has 1 heterocycles. The summed E-state index contributed by atoms with van der Waals surface area (Å²) in [5.74, 6) is -2.28. The van der Waals surface area contributed by atoms with E-state index < -0.39 is 36.3 Å². The number of anilines is 1. The van der Waals surface area contributed by atoms with Crippen LogP contribution in [0.4, 0.5) is 5.69 Å². The van der Waals surface area contributed by atoms with E-state index in [0.29, 0.717) is 10.6 Å². The molecule has 0 saturated carbocycles. The summed E-state index contributed by atoms with van der Waals surface area (Å²) in [4.78, 5) is 52.6. The second-order valence-electron chi connectivity index (χ2n) is 7.77. The van der Waals surface area contributed by atoms with Crippen LogP contribution in [-0.2, 0) is 14.3 Å². The van der Waals surface area contributed by atoms with Crippen LogP contribution in [-0.4, -0.2) is 47.0 Å². The van der Waals surface area contributed by atoms with Gasteiger partial charge in [-0.2, -0.15) is 5.26 Å². The zero-order chi connectivity index (χ0) is 24.0. The van der Waals surface area contributed by atoms with Gasteiger partial charge in [-0.15, -0.1) is 11.8 Å². The number of esters is 1. The number of rotatable bonds is 9. The number of fused-ring (bicyclic) bond motifs is 1. The van der Waals surface area contributed by atoms with Gasteiger partial charge in [-0.05, 0) is 36.6 Å². The highest BCUT2D eigenvalue weighted by molar-refractivity contribution is 7.99. The second-order valence-corrected chi connectivity index (χ2v) is 8.79. The average Bonchev–Trinajstić information content (AvgIpc) is 3.05. The summed E-state index contributed by atoms with van der Waals surface area (Å²) in [7, 11) is 0. The highest BCUT2D eigenvalue weighted by Crippen LogP contribution is 2.28. The Labute approximate surface area is 195 Å². The first-order chi connectivity index (χ1) is 15.8. The molecule has 0 aliphatic carbocycles. The van der Waals surface area contributed by atoms with Gasteiger partial charge in [0.25, 0.3) is 17.7 Å². The van der Waals surface area contributed by atoms with Gasteiger partial charge in [-0.25, -0.2) is 4.79 Å². The number of hydrogen-bond acceptors (Lipinski definition) is 7. The Hall–Kier alpha value is -3.64. The van der Waals surface area contributed by atoms with Gasteiger partial charge in [0, 0.05) is 4.90 Å². The number of amides is 3. The maximum absolute atomic E-state index is 12.9. The lowest BCUT2D eigenvalue weighted by Gasteiger charge is -2.25. The molecule has 170 valence electrons. The topological polar surface area (TPSA) is 117 Å². The number of nitriles is 1. The second kappa shape index (κ2) is 10.8. The molecule has 2 aromatic rings. The van der Waals surface area contributed by atoms with Crippen LogP contribution >= 0.6 is 11.8 Å². The molecule has 33 heavy (non-hydrogen) atoms. The minimum atomic E-state index is -1.14. The smallest absolute Gasteiger partial charge is 0.329 e. The molecular weight excluding hydrogens is 442 g/mol. The first-order valence-electron chi connectivity index (χ1n) is 10.4. The Kier molecular flexibility index (Phi) is 7.85. The number of hydrogen-bond donors (Lipinski definition) is 1. The number of ether oxygens (including phenoxy) is 1. The van der Waals surface area contributed by atoms with Crippen molar-refractivity contribution in [2.45, 2.75) is 31.2 Å². The number of thioether (sulfide) groups is 1. The quantitative estimate of drug-likeness (QED) is 0.342. The maximum Gasteiger partial charge on any atom is 0.329 e. The van der Waals surface area contributed by atoms with Crippen LogP contribution in [0.15, 0.2) is 53.4 Å². The molecule has 0 fully saturated rings. The first-order valence-corrected chi connectivity index (χ1v) is 11.3. The molecule has 0 aromatic heterocycles. The summed E-state index contributed by atoms with van der Waals surface area (Å²) in [5, 5.41) is 11.4. The molecule has 0 saturated heterocycles. The fraction of sp³-hybridized carbons (Fsp3) is 0.292. The van der Waals surface area contributed by atoms with E-state index in [9.17, 15) is 19.2 Å². The molecule has 1 N–H and O–H groups in total. The van der Waals surface area contributed by atoms with Gasteiger partial charge in [-0.1, -0.05) is 38.1 Å². The SMILES string of the molecule is CC(C)CC(C(=O)OCC(=O)Nc1ccccc1SCC#N)N1C(=O)c2ccccc2C1=O. The molecular formula is C24H23N3O5S. The van der Waals surface area contributed by atoms with Crippen molar-refractivity contribution in [1.29, 1.82) is 5.26 Å². The van der Waals surface area contributed by atoms with Crippen LogP contribution in [0.1, 0.15) is 41.0 Å². The van der Waals surface area contributed by atoms with Gasteiger partial charge >= 0.3 is 5.97 Å². The number of carbonyl (C=O) groups excluding carboxylic acids is 4. The lowest BCUT2D eigenvalue weighted by Crippen LogP contribution is -2.46. The Balaban J connectivity index is 1.68. The molecule has 3 rings (SSSR count). The molecule has 1 unspecified atom stereocenters. The largest absolute Gasteiger partial charge is 0.454 e.